The zero-order valence-electron chi connectivity index (χ0n) is 15.2. The van der Waals surface area contributed by atoms with Gasteiger partial charge in [-0.15, -0.1) is 0 Å². The molecule has 0 aromatic heterocycles. The van der Waals surface area contributed by atoms with Gasteiger partial charge in [0.05, 0.1) is 13.2 Å². The van der Waals surface area contributed by atoms with Crippen molar-refractivity contribution in [3.63, 3.8) is 0 Å². The molecule has 2 aliphatic heterocycles. The summed E-state index contributed by atoms with van der Waals surface area (Å²) in [5, 5.41) is 3.18. The third kappa shape index (κ3) is 1.85. The van der Waals surface area contributed by atoms with Gasteiger partial charge in [-0.3, -0.25) is 4.79 Å². The van der Waals surface area contributed by atoms with E-state index in [0.29, 0.717) is 12.0 Å². The van der Waals surface area contributed by atoms with Crippen LogP contribution in [0.4, 0.5) is 0 Å². The predicted molar refractivity (Wildman–Crippen MR) is 94.2 cm³/mol. The Bertz CT molecular complexity index is 749. The topological polar surface area (TPSA) is 50.8 Å². The van der Waals surface area contributed by atoms with Gasteiger partial charge in [-0.1, -0.05) is 6.07 Å². The van der Waals surface area contributed by atoms with Crippen LogP contribution in [0.15, 0.2) is 12.1 Å². The smallest absolute Gasteiger partial charge is 0.217 e. The molecule has 1 aromatic carbocycles. The van der Waals surface area contributed by atoms with Gasteiger partial charge in [0.1, 0.15) is 6.10 Å². The van der Waals surface area contributed by atoms with Crippen LogP contribution in [0, 0.1) is 5.92 Å². The first kappa shape index (κ1) is 15.5. The molecule has 2 bridgehead atoms. The van der Waals surface area contributed by atoms with E-state index in [0.717, 1.165) is 43.7 Å². The minimum atomic E-state index is 0.0247. The third-order valence-corrected chi connectivity index (χ3v) is 7.19. The normalized spacial score (nSPS) is 37.9. The highest BCUT2D eigenvalue weighted by molar-refractivity contribution is 5.73. The van der Waals surface area contributed by atoms with Crippen LogP contribution in [0.25, 0.3) is 0 Å². The summed E-state index contributed by atoms with van der Waals surface area (Å²) in [6, 6.07) is 4.94. The maximum absolute atomic E-state index is 11.8. The summed E-state index contributed by atoms with van der Waals surface area (Å²) in [5.74, 6) is 2.41. The maximum Gasteiger partial charge on any atom is 0.217 e. The minimum Gasteiger partial charge on any atom is -0.493 e. The van der Waals surface area contributed by atoms with Crippen LogP contribution in [0.1, 0.15) is 37.3 Å². The molecule has 1 aromatic rings. The second-order valence-electron chi connectivity index (χ2n) is 8.20. The van der Waals surface area contributed by atoms with Crippen LogP contribution < -0.4 is 14.8 Å². The van der Waals surface area contributed by atoms with Crippen LogP contribution in [-0.2, 0) is 16.6 Å². The van der Waals surface area contributed by atoms with Gasteiger partial charge in [0, 0.05) is 23.9 Å². The van der Waals surface area contributed by atoms with Gasteiger partial charge in [-0.2, -0.15) is 0 Å². The molecule has 5 heteroatoms. The van der Waals surface area contributed by atoms with Crippen molar-refractivity contribution in [3.05, 3.63) is 23.3 Å². The highest BCUT2D eigenvalue weighted by Gasteiger charge is 2.65. The number of methoxy groups -OCH3 is 1. The number of nitrogens with zero attached hydrogens (tertiary/aromatic N) is 1. The monoisotopic (exact) mass is 342 g/mol. The van der Waals surface area contributed by atoms with Gasteiger partial charge in [0.2, 0.25) is 5.91 Å². The Hall–Kier alpha value is -1.75. The molecule has 134 valence electrons. The van der Waals surface area contributed by atoms with Crippen LogP contribution >= 0.6 is 0 Å². The molecule has 5 rings (SSSR count). The maximum atomic E-state index is 11.8. The first-order valence-electron chi connectivity index (χ1n) is 9.40. The number of carbonyl (C=O) groups is 1. The summed E-state index contributed by atoms with van der Waals surface area (Å²) in [7, 11) is 3.97. The number of ether oxygens (including phenoxy) is 2. The fourth-order valence-electron chi connectivity index (χ4n) is 6.30. The van der Waals surface area contributed by atoms with Crippen molar-refractivity contribution in [2.75, 3.05) is 20.7 Å². The first-order valence-corrected chi connectivity index (χ1v) is 9.40. The average molecular weight is 342 g/mol. The highest BCUT2D eigenvalue weighted by atomic mass is 16.5. The highest BCUT2D eigenvalue weighted by Crippen LogP contribution is 2.63. The number of benzene rings is 1. The van der Waals surface area contributed by atoms with Crippen LogP contribution in [0.5, 0.6) is 11.5 Å². The Morgan fingerprint density at radius 3 is 3.00 bits per heavy atom. The predicted octanol–water partition coefficient (Wildman–Crippen LogP) is 1.87. The van der Waals surface area contributed by atoms with Crippen molar-refractivity contribution in [3.8, 4) is 11.5 Å². The summed E-state index contributed by atoms with van der Waals surface area (Å²) < 4.78 is 12.2. The van der Waals surface area contributed by atoms with Crippen molar-refractivity contribution < 1.29 is 14.3 Å². The van der Waals surface area contributed by atoms with Crippen molar-refractivity contribution in [1.82, 2.24) is 10.2 Å². The number of amides is 1. The fraction of sp³-hybridized carbons (Fsp3) is 0.650. The zero-order chi connectivity index (χ0) is 17.3. The van der Waals surface area contributed by atoms with Crippen molar-refractivity contribution in [1.29, 1.82) is 0 Å². The number of rotatable bonds is 2. The van der Waals surface area contributed by atoms with Crippen LogP contribution in [-0.4, -0.2) is 49.7 Å². The van der Waals surface area contributed by atoms with Gasteiger partial charge in [0.15, 0.2) is 11.5 Å². The summed E-state index contributed by atoms with van der Waals surface area (Å²) in [5.41, 5.74) is 2.83. The van der Waals surface area contributed by atoms with E-state index >= 15 is 0 Å². The molecule has 0 radical (unpaired) electrons. The SMILES string of the molecule is COc1ccc2c3c1O[C@H]1[C@H](NC(C)=O)CCC4[C@@H](C2)N(C)CC[C@@]341. The van der Waals surface area contributed by atoms with E-state index in [2.05, 4.69) is 23.3 Å². The number of likely N-dealkylation sites (tertiary alicyclic amines) is 1. The molecule has 2 fully saturated rings. The van der Waals surface area contributed by atoms with E-state index in [1.807, 2.05) is 6.07 Å². The van der Waals surface area contributed by atoms with Gasteiger partial charge in [0.25, 0.3) is 0 Å². The number of carbonyl (C=O) groups excluding carboxylic acids is 1. The fourth-order valence-corrected chi connectivity index (χ4v) is 6.30. The molecule has 1 amide bonds. The van der Waals surface area contributed by atoms with E-state index in [1.54, 1.807) is 14.0 Å². The number of piperidine rings is 1. The number of hydrogen-bond donors (Lipinski definition) is 1. The molecule has 1 saturated carbocycles. The standard InChI is InChI=1S/C20H26N2O3/c1-11(23)21-14-6-5-13-15-10-12-4-7-16(24-3)18-17(12)20(13,19(14)25-18)8-9-22(15)2/h4,7,13-15,19H,5-6,8-10H2,1-3H3,(H,21,23)/t13?,14-,15-,19+,20+/m1/s1. The number of likely N-dealkylation sites (N-methyl/N-ethyl adjacent to an activating group) is 1. The van der Waals surface area contributed by atoms with Gasteiger partial charge in [-0.25, -0.2) is 0 Å². The molecule has 1 unspecified atom stereocenters. The summed E-state index contributed by atoms with van der Waals surface area (Å²) in [4.78, 5) is 14.3. The third-order valence-electron chi connectivity index (χ3n) is 7.19. The van der Waals surface area contributed by atoms with Gasteiger partial charge < -0.3 is 19.7 Å². The van der Waals surface area contributed by atoms with E-state index in [-0.39, 0.29) is 23.5 Å². The molecule has 1 saturated heterocycles. The van der Waals surface area contributed by atoms with E-state index in [9.17, 15) is 4.79 Å². The van der Waals surface area contributed by atoms with Crippen LogP contribution in [0.3, 0.4) is 0 Å². The molecular weight excluding hydrogens is 316 g/mol. The molecular formula is C20H26N2O3. The summed E-state index contributed by atoms with van der Waals surface area (Å²) >= 11 is 0. The zero-order valence-corrected chi connectivity index (χ0v) is 15.2. The second kappa shape index (κ2) is 5.13. The van der Waals surface area contributed by atoms with Crippen LogP contribution in [0.2, 0.25) is 0 Å². The van der Waals surface area contributed by atoms with Crippen molar-refractivity contribution in [2.45, 2.75) is 56.2 Å². The molecule has 4 aliphatic rings. The Labute approximate surface area is 148 Å². The quantitative estimate of drug-likeness (QED) is 0.891. The van der Waals surface area contributed by atoms with E-state index in [1.165, 1.54) is 11.1 Å². The summed E-state index contributed by atoms with van der Waals surface area (Å²) in [6.07, 6.45) is 4.36. The van der Waals surface area contributed by atoms with E-state index < -0.39 is 0 Å². The second-order valence-corrected chi connectivity index (χ2v) is 8.20. The Balaban J connectivity index is 1.71. The number of hydrogen-bond acceptors (Lipinski definition) is 4. The molecule has 1 spiro atoms. The summed E-state index contributed by atoms with van der Waals surface area (Å²) in [6.45, 7) is 2.69. The molecule has 5 nitrogen and oxygen atoms in total. The lowest BCUT2D eigenvalue weighted by Crippen LogP contribution is -2.68. The Morgan fingerprint density at radius 2 is 2.24 bits per heavy atom. The Morgan fingerprint density at radius 1 is 1.40 bits per heavy atom. The largest absolute Gasteiger partial charge is 0.493 e. The molecule has 2 aliphatic carbocycles. The molecule has 25 heavy (non-hydrogen) atoms. The van der Waals surface area contributed by atoms with Gasteiger partial charge in [-0.05, 0) is 56.8 Å². The van der Waals surface area contributed by atoms with Crippen molar-refractivity contribution in [2.24, 2.45) is 5.92 Å². The number of nitrogens with one attached hydrogen (secondary N) is 1. The minimum absolute atomic E-state index is 0.0247. The lowest BCUT2D eigenvalue weighted by molar-refractivity contribution is -0.122. The Kier molecular flexibility index (Phi) is 3.18. The van der Waals surface area contributed by atoms with Gasteiger partial charge >= 0.3 is 0 Å². The lowest BCUT2D eigenvalue weighted by atomic mass is 9.51. The van der Waals surface area contributed by atoms with Crippen molar-refractivity contribution >= 4 is 5.91 Å². The first-order chi connectivity index (χ1) is 12.1. The molecule has 5 atom stereocenters. The molecule has 1 N–H and O–H groups in total. The van der Waals surface area contributed by atoms with E-state index in [4.69, 9.17) is 9.47 Å². The molecule has 2 heterocycles. The lowest BCUT2D eigenvalue weighted by Gasteiger charge is -2.59. The average Bonchev–Trinajstić information content (AvgIpc) is 2.94.